The van der Waals surface area contributed by atoms with Crippen LogP contribution in [-0.2, 0) is 12.7 Å². The maximum absolute atomic E-state index is 13.2. The van der Waals surface area contributed by atoms with Gasteiger partial charge in [0.15, 0.2) is 0 Å². The fraction of sp³-hybridized carbons (Fsp3) is 0.385. The fourth-order valence-corrected chi connectivity index (χ4v) is 1.87. The Morgan fingerprint density at radius 2 is 2.00 bits per heavy atom. The van der Waals surface area contributed by atoms with Crippen LogP contribution in [0.3, 0.4) is 0 Å². The standard InChI is InChI=1S/C13H13F4N3/c1-20(12-7-18-4-5-19-12)8-9-2-3-11(14)10(6-9)13(15,16)17/h2-3,6-7H,4-5,8H2,1H3. The van der Waals surface area contributed by atoms with Crippen LogP contribution in [0.25, 0.3) is 0 Å². The number of halogens is 4. The zero-order valence-electron chi connectivity index (χ0n) is 10.8. The lowest BCUT2D eigenvalue weighted by Crippen LogP contribution is -2.29. The Morgan fingerprint density at radius 1 is 1.25 bits per heavy atom. The number of benzene rings is 1. The van der Waals surface area contributed by atoms with Crippen LogP contribution >= 0.6 is 0 Å². The van der Waals surface area contributed by atoms with Gasteiger partial charge in [0.1, 0.15) is 11.7 Å². The molecule has 0 bridgehead atoms. The van der Waals surface area contributed by atoms with E-state index in [1.807, 2.05) is 0 Å². The van der Waals surface area contributed by atoms with Crippen molar-refractivity contribution in [3.63, 3.8) is 0 Å². The summed E-state index contributed by atoms with van der Waals surface area (Å²) < 4.78 is 51.0. The second-order valence-corrected chi connectivity index (χ2v) is 4.44. The van der Waals surface area contributed by atoms with E-state index >= 15 is 0 Å². The summed E-state index contributed by atoms with van der Waals surface area (Å²) in [6, 6.07) is 3.00. The predicted molar refractivity (Wildman–Crippen MR) is 68.5 cm³/mol. The van der Waals surface area contributed by atoms with E-state index in [0.717, 1.165) is 12.1 Å². The Labute approximate surface area is 113 Å². The molecule has 0 atom stereocenters. The van der Waals surface area contributed by atoms with Gasteiger partial charge in [-0.2, -0.15) is 13.2 Å². The third-order valence-corrected chi connectivity index (χ3v) is 2.86. The molecule has 0 aliphatic carbocycles. The summed E-state index contributed by atoms with van der Waals surface area (Å²) in [6.07, 6.45) is -3.11. The summed E-state index contributed by atoms with van der Waals surface area (Å²) in [5, 5.41) is 0. The average molecular weight is 287 g/mol. The van der Waals surface area contributed by atoms with Gasteiger partial charge in [0.25, 0.3) is 0 Å². The molecule has 1 aromatic rings. The Bertz CT molecular complexity index is 549. The van der Waals surface area contributed by atoms with Crippen molar-refractivity contribution in [2.24, 2.45) is 9.98 Å². The van der Waals surface area contributed by atoms with Gasteiger partial charge in [-0.05, 0) is 17.7 Å². The van der Waals surface area contributed by atoms with Crippen LogP contribution in [0.2, 0.25) is 0 Å². The number of alkyl halides is 3. The van der Waals surface area contributed by atoms with Gasteiger partial charge in [0.05, 0.1) is 24.9 Å². The van der Waals surface area contributed by atoms with Gasteiger partial charge >= 0.3 is 6.18 Å². The molecule has 0 spiro atoms. The molecule has 0 fully saturated rings. The van der Waals surface area contributed by atoms with Crippen LogP contribution in [0.5, 0.6) is 0 Å². The summed E-state index contributed by atoms with van der Waals surface area (Å²) in [5.74, 6) is -0.658. The van der Waals surface area contributed by atoms with Crippen molar-refractivity contribution in [2.45, 2.75) is 12.7 Å². The minimum absolute atomic E-state index is 0.203. The molecule has 0 aromatic heterocycles. The zero-order chi connectivity index (χ0) is 14.8. The zero-order valence-corrected chi connectivity index (χ0v) is 10.8. The molecule has 0 amide bonds. The Morgan fingerprint density at radius 3 is 2.60 bits per heavy atom. The SMILES string of the molecule is CN(Cc1ccc(F)c(C(F)(F)F)c1)C1=NCCN=C1. The Hall–Kier alpha value is -1.92. The lowest BCUT2D eigenvalue weighted by atomic mass is 10.1. The molecule has 1 aliphatic heterocycles. The largest absolute Gasteiger partial charge is 0.419 e. The van der Waals surface area contributed by atoms with Gasteiger partial charge in [-0.15, -0.1) is 0 Å². The smallest absolute Gasteiger partial charge is 0.354 e. The lowest BCUT2D eigenvalue weighted by Gasteiger charge is -2.21. The summed E-state index contributed by atoms with van der Waals surface area (Å²) in [5.41, 5.74) is -0.884. The molecular weight excluding hydrogens is 274 g/mol. The summed E-state index contributed by atoms with van der Waals surface area (Å²) >= 11 is 0. The minimum Gasteiger partial charge on any atom is -0.354 e. The summed E-state index contributed by atoms with van der Waals surface area (Å²) in [4.78, 5) is 9.94. The number of rotatable bonds is 2. The number of nitrogens with zero attached hydrogens (tertiary/aromatic N) is 3. The summed E-state index contributed by atoms with van der Waals surface area (Å²) in [6.45, 7) is 1.38. The molecule has 0 saturated heterocycles. The topological polar surface area (TPSA) is 28.0 Å². The first-order valence-electron chi connectivity index (χ1n) is 5.99. The van der Waals surface area contributed by atoms with Crippen molar-refractivity contribution in [1.29, 1.82) is 0 Å². The van der Waals surface area contributed by atoms with Crippen LogP contribution in [0.15, 0.2) is 28.2 Å². The molecule has 108 valence electrons. The van der Waals surface area contributed by atoms with E-state index in [-0.39, 0.29) is 6.54 Å². The van der Waals surface area contributed by atoms with Crippen molar-refractivity contribution in [1.82, 2.24) is 4.90 Å². The van der Waals surface area contributed by atoms with Gasteiger partial charge in [-0.3, -0.25) is 9.98 Å². The Kier molecular flexibility index (Phi) is 4.06. The average Bonchev–Trinajstić information content (AvgIpc) is 2.40. The summed E-state index contributed by atoms with van der Waals surface area (Å²) in [7, 11) is 1.70. The van der Waals surface area contributed by atoms with E-state index in [1.165, 1.54) is 6.07 Å². The highest BCUT2D eigenvalue weighted by atomic mass is 19.4. The van der Waals surface area contributed by atoms with Crippen LogP contribution < -0.4 is 0 Å². The number of amidine groups is 1. The van der Waals surface area contributed by atoms with Gasteiger partial charge in [-0.1, -0.05) is 6.07 Å². The molecule has 0 N–H and O–H groups in total. The molecule has 0 unspecified atom stereocenters. The molecule has 0 saturated carbocycles. The second kappa shape index (κ2) is 5.60. The van der Waals surface area contributed by atoms with E-state index < -0.39 is 17.6 Å². The van der Waals surface area contributed by atoms with Gasteiger partial charge in [-0.25, -0.2) is 4.39 Å². The predicted octanol–water partition coefficient (Wildman–Crippen LogP) is 2.76. The second-order valence-electron chi connectivity index (χ2n) is 4.44. The number of hydrogen-bond donors (Lipinski definition) is 0. The molecule has 2 rings (SSSR count). The van der Waals surface area contributed by atoms with E-state index in [1.54, 1.807) is 18.2 Å². The molecule has 1 aromatic carbocycles. The third-order valence-electron chi connectivity index (χ3n) is 2.86. The fourth-order valence-electron chi connectivity index (χ4n) is 1.87. The highest BCUT2D eigenvalue weighted by Crippen LogP contribution is 2.32. The van der Waals surface area contributed by atoms with Gasteiger partial charge in [0, 0.05) is 13.6 Å². The van der Waals surface area contributed by atoms with Crippen molar-refractivity contribution in [2.75, 3.05) is 20.1 Å². The van der Waals surface area contributed by atoms with Gasteiger partial charge < -0.3 is 4.90 Å². The third kappa shape index (κ3) is 3.34. The maximum Gasteiger partial charge on any atom is 0.419 e. The first-order valence-corrected chi connectivity index (χ1v) is 5.99. The molecule has 0 radical (unpaired) electrons. The molecule has 1 aliphatic rings. The number of aliphatic imine (C=N–C) groups is 2. The highest BCUT2D eigenvalue weighted by molar-refractivity contribution is 6.29. The number of hydrogen-bond acceptors (Lipinski definition) is 3. The molecule has 20 heavy (non-hydrogen) atoms. The monoisotopic (exact) mass is 287 g/mol. The van der Waals surface area contributed by atoms with Crippen LogP contribution in [0.4, 0.5) is 17.6 Å². The molecular formula is C13H13F4N3. The van der Waals surface area contributed by atoms with Crippen LogP contribution in [0.1, 0.15) is 11.1 Å². The Balaban J connectivity index is 2.18. The normalized spacial score (nSPS) is 15.2. The minimum atomic E-state index is -4.69. The highest BCUT2D eigenvalue weighted by Gasteiger charge is 2.34. The van der Waals surface area contributed by atoms with Crippen molar-refractivity contribution < 1.29 is 17.6 Å². The van der Waals surface area contributed by atoms with Crippen molar-refractivity contribution >= 4 is 12.1 Å². The lowest BCUT2D eigenvalue weighted by molar-refractivity contribution is -0.140. The van der Waals surface area contributed by atoms with E-state index in [9.17, 15) is 17.6 Å². The molecule has 3 nitrogen and oxygen atoms in total. The van der Waals surface area contributed by atoms with Crippen LogP contribution in [-0.4, -0.2) is 37.1 Å². The molecule has 7 heteroatoms. The van der Waals surface area contributed by atoms with Crippen molar-refractivity contribution in [3.8, 4) is 0 Å². The van der Waals surface area contributed by atoms with Gasteiger partial charge in [0.2, 0.25) is 0 Å². The first kappa shape index (κ1) is 14.5. The quantitative estimate of drug-likeness (QED) is 0.769. The first-order chi connectivity index (χ1) is 9.38. The van der Waals surface area contributed by atoms with Crippen molar-refractivity contribution in [3.05, 3.63) is 35.1 Å². The van der Waals surface area contributed by atoms with E-state index in [4.69, 9.17) is 0 Å². The van der Waals surface area contributed by atoms with E-state index in [2.05, 4.69) is 9.98 Å². The molecule has 1 heterocycles. The van der Waals surface area contributed by atoms with E-state index in [0.29, 0.717) is 24.5 Å². The maximum atomic E-state index is 13.2. The van der Waals surface area contributed by atoms with Crippen LogP contribution in [0, 0.1) is 5.82 Å².